The van der Waals surface area contributed by atoms with Crippen LogP contribution in [-0.2, 0) is 9.59 Å². The molecule has 1 aliphatic rings. The summed E-state index contributed by atoms with van der Waals surface area (Å²) in [5.41, 5.74) is 1.39. The summed E-state index contributed by atoms with van der Waals surface area (Å²) in [5, 5.41) is 8.72. The number of carbonyl (C=O) groups excluding carboxylic acids is 2. The fraction of sp³-hybridized carbons (Fsp3) is 0.467. The first-order valence-corrected chi connectivity index (χ1v) is 7.08. The predicted molar refractivity (Wildman–Crippen MR) is 79.6 cm³/mol. The number of carbonyl (C=O) groups is 2. The van der Waals surface area contributed by atoms with Gasteiger partial charge in [0.25, 0.3) is 0 Å². The van der Waals surface area contributed by atoms with Crippen LogP contribution in [0.4, 0.5) is 11.4 Å². The molecule has 0 heterocycles. The first-order valence-electron chi connectivity index (χ1n) is 7.08. The van der Waals surface area contributed by atoms with Crippen LogP contribution in [0, 0.1) is 5.92 Å². The molecule has 1 saturated carbocycles. The minimum Gasteiger partial charge on any atom is -0.326 e. The summed E-state index contributed by atoms with van der Waals surface area (Å²) in [5.74, 6) is 0.652. The van der Waals surface area contributed by atoms with E-state index in [1.165, 1.54) is 12.8 Å². The van der Waals surface area contributed by atoms with Crippen molar-refractivity contribution in [3.63, 3.8) is 0 Å². The van der Waals surface area contributed by atoms with Crippen LogP contribution >= 0.6 is 0 Å². The third-order valence-electron chi connectivity index (χ3n) is 3.17. The number of benzene rings is 1. The van der Waals surface area contributed by atoms with Crippen molar-refractivity contribution >= 4 is 23.2 Å². The lowest BCUT2D eigenvalue weighted by atomic mass is 10.2. The molecule has 0 radical (unpaired) electrons. The first-order chi connectivity index (χ1) is 9.67. The van der Waals surface area contributed by atoms with Gasteiger partial charge < -0.3 is 16.0 Å². The molecule has 0 bridgehead atoms. The summed E-state index contributed by atoms with van der Waals surface area (Å²) in [6.07, 6.45) is 2.98. The maximum Gasteiger partial charge on any atom is 0.238 e. The van der Waals surface area contributed by atoms with Gasteiger partial charge in [-0.15, -0.1) is 0 Å². The Morgan fingerprint density at radius 2 is 1.80 bits per heavy atom. The fourth-order valence-corrected chi connectivity index (χ4v) is 1.84. The molecule has 0 aliphatic heterocycles. The molecule has 1 aromatic rings. The van der Waals surface area contributed by atoms with E-state index in [2.05, 4.69) is 16.0 Å². The third-order valence-corrected chi connectivity index (χ3v) is 3.17. The van der Waals surface area contributed by atoms with Crippen LogP contribution in [0.15, 0.2) is 24.3 Å². The van der Waals surface area contributed by atoms with Crippen molar-refractivity contribution in [1.29, 1.82) is 0 Å². The van der Waals surface area contributed by atoms with Crippen LogP contribution in [-0.4, -0.2) is 24.9 Å². The second kappa shape index (κ2) is 7.05. The van der Waals surface area contributed by atoms with Crippen LogP contribution in [0.5, 0.6) is 0 Å². The number of rotatable bonds is 7. The fourth-order valence-electron chi connectivity index (χ4n) is 1.84. The van der Waals surface area contributed by atoms with Crippen molar-refractivity contribution < 1.29 is 9.59 Å². The van der Waals surface area contributed by atoms with E-state index < -0.39 is 0 Å². The molecule has 0 unspecified atom stereocenters. The van der Waals surface area contributed by atoms with E-state index in [0.717, 1.165) is 12.5 Å². The zero-order valence-electron chi connectivity index (χ0n) is 11.7. The summed E-state index contributed by atoms with van der Waals surface area (Å²) in [6, 6.07) is 7.17. The van der Waals surface area contributed by atoms with Crippen molar-refractivity contribution in [3.8, 4) is 0 Å². The van der Waals surface area contributed by atoms with Gasteiger partial charge in [-0.25, -0.2) is 0 Å². The van der Waals surface area contributed by atoms with Gasteiger partial charge >= 0.3 is 0 Å². The van der Waals surface area contributed by atoms with E-state index in [4.69, 9.17) is 0 Å². The minimum absolute atomic E-state index is 0.0421. The Morgan fingerprint density at radius 3 is 2.40 bits per heavy atom. The van der Waals surface area contributed by atoms with Crippen LogP contribution in [0.25, 0.3) is 0 Å². The van der Waals surface area contributed by atoms with Gasteiger partial charge in [0.1, 0.15) is 0 Å². The maximum atomic E-state index is 11.7. The van der Waals surface area contributed by atoms with Crippen molar-refractivity contribution in [2.75, 3.05) is 23.7 Å². The summed E-state index contributed by atoms with van der Waals surface area (Å²) in [7, 11) is 0. The molecule has 1 aromatic carbocycles. The van der Waals surface area contributed by atoms with E-state index in [1.54, 1.807) is 31.2 Å². The van der Waals surface area contributed by atoms with Crippen molar-refractivity contribution in [3.05, 3.63) is 24.3 Å². The molecule has 1 fully saturated rings. The number of anilines is 2. The van der Waals surface area contributed by atoms with Gasteiger partial charge in [0.15, 0.2) is 0 Å². The Kier molecular flexibility index (Phi) is 5.12. The number of nitrogens with one attached hydrogen (secondary N) is 3. The van der Waals surface area contributed by atoms with Crippen molar-refractivity contribution in [2.24, 2.45) is 5.92 Å². The monoisotopic (exact) mass is 275 g/mol. The lowest BCUT2D eigenvalue weighted by Crippen LogP contribution is -2.29. The number of hydrogen-bond acceptors (Lipinski definition) is 3. The van der Waals surface area contributed by atoms with Crippen LogP contribution in [0.1, 0.15) is 26.2 Å². The lowest BCUT2D eigenvalue weighted by molar-refractivity contribution is -0.116. The average molecular weight is 275 g/mol. The zero-order valence-corrected chi connectivity index (χ0v) is 11.7. The van der Waals surface area contributed by atoms with Crippen molar-refractivity contribution in [2.45, 2.75) is 26.2 Å². The normalized spacial score (nSPS) is 13.8. The Bertz CT molecular complexity index is 484. The van der Waals surface area contributed by atoms with E-state index >= 15 is 0 Å². The van der Waals surface area contributed by atoms with Crippen LogP contribution in [0.3, 0.4) is 0 Å². The highest BCUT2D eigenvalue weighted by atomic mass is 16.2. The highest BCUT2D eigenvalue weighted by Gasteiger charge is 2.20. The third kappa shape index (κ3) is 5.01. The van der Waals surface area contributed by atoms with Gasteiger partial charge in [-0.2, -0.15) is 0 Å². The summed E-state index contributed by atoms with van der Waals surface area (Å²) in [6.45, 7) is 3.04. The van der Waals surface area contributed by atoms with Crippen molar-refractivity contribution in [1.82, 2.24) is 5.32 Å². The Hall–Kier alpha value is -1.88. The van der Waals surface area contributed by atoms with E-state index in [0.29, 0.717) is 24.3 Å². The van der Waals surface area contributed by atoms with Gasteiger partial charge in [0.05, 0.1) is 6.54 Å². The molecule has 0 saturated heterocycles. The van der Waals surface area contributed by atoms with Gasteiger partial charge in [-0.05, 0) is 43.5 Å². The summed E-state index contributed by atoms with van der Waals surface area (Å²) >= 11 is 0. The minimum atomic E-state index is -0.0652. The SMILES string of the molecule is CCC(=O)Nc1cccc(NC(=O)CNCC2CC2)c1. The second-order valence-corrected chi connectivity index (χ2v) is 5.10. The molecule has 5 nitrogen and oxygen atoms in total. The maximum absolute atomic E-state index is 11.7. The average Bonchev–Trinajstić information content (AvgIpc) is 3.23. The highest BCUT2D eigenvalue weighted by molar-refractivity contribution is 5.94. The Balaban J connectivity index is 1.79. The number of amides is 2. The lowest BCUT2D eigenvalue weighted by Gasteiger charge is -2.09. The number of hydrogen-bond donors (Lipinski definition) is 3. The molecule has 5 heteroatoms. The molecule has 0 atom stereocenters. The smallest absolute Gasteiger partial charge is 0.238 e. The second-order valence-electron chi connectivity index (χ2n) is 5.10. The Labute approximate surface area is 119 Å². The van der Waals surface area contributed by atoms with Crippen LogP contribution in [0.2, 0.25) is 0 Å². The molecular formula is C15H21N3O2. The molecular weight excluding hydrogens is 254 g/mol. The molecule has 2 rings (SSSR count). The predicted octanol–water partition coefficient (Wildman–Crippen LogP) is 1.97. The summed E-state index contributed by atoms with van der Waals surface area (Å²) < 4.78 is 0. The van der Waals surface area contributed by atoms with Gasteiger partial charge in [-0.3, -0.25) is 9.59 Å². The molecule has 1 aliphatic carbocycles. The standard InChI is InChI=1S/C15H21N3O2/c1-2-14(19)17-12-4-3-5-13(8-12)18-15(20)10-16-9-11-6-7-11/h3-5,8,11,16H,2,6-7,9-10H2,1H3,(H,17,19)(H,18,20). The molecule has 0 spiro atoms. The molecule has 0 aromatic heterocycles. The largest absolute Gasteiger partial charge is 0.326 e. The highest BCUT2D eigenvalue weighted by Crippen LogP contribution is 2.27. The molecule has 20 heavy (non-hydrogen) atoms. The van der Waals surface area contributed by atoms with Gasteiger partial charge in [0.2, 0.25) is 11.8 Å². The van der Waals surface area contributed by atoms with E-state index in [-0.39, 0.29) is 11.8 Å². The quantitative estimate of drug-likeness (QED) is 0.712. The first kappa shape index (κ1) is 14.5. The topological polar surface area (TPSA) is 70.2 Å². The van der Waals surface area contributed by atoms with Gasteiger partial charge in [0, 0.05) is 17.8 Å². The Morgan fingerprint density at radius 1 is 1.15 bits per heavy atom. The van der Waals surface area contributed by atoms with E-state index in [1.807, 2.05) is 0 Å². The van der Waals surface area contributed by atoms with Crippen LogP contribution < -0.4 is 16.0 Å². The molecule has 2 amide bonds. The molecule has 3 N–H and O–H groups in total. The summed E-state index contributed by atoms with van der Waals surface area (Å²) in [4.78, 5) is 23.1. The van der Waals surface area contributed by atoms with Gasteiger partial charge in [-0.1, -0.05) is 13.0 Å². The molecule has 108 valence electrons. The van der Waals surface area contributed by atoms with E-state index in [9.17, 15) is 9.59 Å². The zero-order chi connectivity index (χ0) is 14.4.